The fourth-order valence-corrected chi connectivity index (χ4v) is 2.91. The Morgan fingerprint density at radius 1 is 1.25 bits per heavy atom. The number of rotatable bonds is 9. The number of benzene rings is 1. The summed E-state index contributed by atoms with van der Waals surface area (Å²) in [7, 11) is 5.14. The first-order valence-electron chi connectivity index (χ1n) is 6.42. The van der Waals surface area contributed by atoms with Gasteiger partial charge < -0.3 is 25.0 Å². The highest BCUT2D eigenvalue weighted by Gasteiger charge is 2.16. The third-order valence-corrected chi connectivity index (χ3v) is 4.16. The summed E-state index contributed by atoms with van der Waals surface area (Å²) in [6.45, 7) is -0.205. The Hall–Kier alpha value is -0.950. The van der Waals surface area contributed by atoms with Crippen molar-refractivity contribution in [2.24, 2.45) is 0 Å². The SMILES string of the molecule is CNC(CSCC(O)CO)c1ccc(OC)cc1OC. The van der Waals surface area contributed by atoms with Crippen LogP contribution in [0.25, 0.3) is 0 Å². The Balaban J connectivity index is 2.73. The van der Waals surface area contributed by atoms with Gasteiger partial charge in [0.25, 0.3) is 0 Å². The second-order valence-corrected chi connectivity index (χ2v) is 5.40. The van der Waals surface area contributed by atoms with Crippen LogP contribution in [0.15, 0.2) is 18.2 Å². The maximum atomic E-state index is 9.35. The number of aliphatic hydroxyl groups excluding tert-OH is 2. The van der Waals surface area contributed by atoms with Gasteiger partial charge in [-0.15, -0.1) is 0 Å². The Morgan fingerprint density at radius 2 is 2.00 bits per heavy atom. The van der Waals surface area contributed by atoms with Gasteiger partial charge in [-0.1, -0.05) is 6.07 Å². The van der Waals surface area contributed by atoms with Crippen LogP contribution in [0.2, 0.25) is 0 Å². The molecular formula is C14H23NO4S. The van der Waals surface area contributed by atoms with Gasteiger partial charge in [0.15, 0.2) is 0 Å². The van der Waals surface area contributed by atoms with Crippen LogP contribution < -0.4 is 14.8 Å². The van der Waals surface area contributed by atoms with Crippen molar-refractivity contribution in [3.63, 3.8) is 0 Å². The number of ether oxygens (including phenoxy) is 2. The summed E-state index contributed by atoms with van der Waals surface area (Å²) in [5.41, 5.74) is 1.04. The smallest absolute Gasteiger partial charge is 0.127 e. The second kappa shape index (κ2) is 9.07. The van der Waals surface area contributed by atoms with E-state index in [1.54, 1.807) is 26.0 Å². The zero-order valence-corrected chi connectivity index (χ0v) is 12.9. The molecule has 0 saturated carbocycles. The van der Waals surface area contributed by atoms with Crippen LogP contribution in [0.4, 0.5) is 0 Å². The first-order valence-corrected chi connectivity index (χ1v) is 7.57. The van der Waals surface area contributed by atoms with E-state index in [1.807, 2.05) is 25.2 Å². The van der Waals surface area contributed by atoms with Gasteiger partial charge in [-0.05, 0) is 13.1 Å². The summed E-state index contributed by atoms with van der Waals surface area (Å²) in [6.07, 6.45) is -0.671. The molecule has 0 aromatic heterocycles. The molecule has 3 N–H and O–H groups in total. The molecule has 0 bridgehead atoms. The van der Waals surface area contributed by atoms with Crippen LogP contribution >= 0.6 is 11.8 Å². The summed E-state index contributed by atoms with van der Waals surface area (Å²) in [5.74, 6) is 2.81. The molecule has 20 heavy (non-hydrogen) atoms. The molecule has 5 nitrogen and oxygen atoms in total. The van der Waals surface area contributed by atoms with Crippen molar-refractivity contribution in [3.05, 3.63) is 23.8 Å². The lowest BCUT2D eigenvalue weighted by molar-refractivity contribution is 0.113. The van der Waals surface area contributed by atoms with Crippen molar-refractivity contribution in [1.29, 1.82) is 0 Å². The molecule has 0 fully saturated rings. The maximum Gasteiger partial charge on any atom is 0.127 e. The van der Waals surface area contributed by atoms with Gasteiger partial charge in [0.2, 0.25) is 0 Å². The van der Waals surface area contributed by atoms with E-state index in [9.17, 15) is 5.11 Å². The predicted molar refractivity (Wildman–Crippen MR) is 81.8 cm³/mol. The van der Waals surface area contributed by atoms with Crippen molar-refractivity contribution in [3.8, 4) is 11.5 Å². The van der Waals surface area contributed by atoms with Crippen LogP contribution in [-0.2, 0) is 0 Å². The molecule has 2 unspecified atom stereocenters. The van der Waals surface area contributed by atoms with Crippen molar-refractivity contribution >= 4 is 11.8 Å². The lowest BCUT2D eigenvalue weighted by Gasteiger charge is -2.20. The van der Waals surface area contributed by atoms with E-state index >= 15 is 0 Å². The molecule has 0 radical (unpaired) electrons. The highest BCUT2D eigenvalue weighted by Crippen LogP contribution is 2.31. The zero-order valence-electron chi connectivity index (χ0n) is 12.1. The molecule has 1 aromatic carbocycles. The monoisotopic (exact) mass is 301 g/mol. The Kier molecular flexibility index (Phi) is 7.76. The summed E-state index contributed by atoms with van der Waals surface area (Å²) >= 11 is 1.58. The quantitative estimate of drug-likeness (QED) is 0.633. The van der Waals surface area contributed by atoms with Gasteiger partial charge in [-0.3, -0.25) is 0 Å². The van der Waals surface area contributed by atoms with Gasteiger partial charge in [0, 0.05) is 29.2 Å². The fraction of sp³-hybridized carbons (Fsp3) is 0.571. The maximum absolute atomic E-state index is 9.35. The third kappa shape index (κ3) is 4.86. The molecule has 0 spiro atoms. The van der Waals surface area contributed by atoms with E-state index in [4.69, 9.17) is 14.6 Å². The molecule has 0 aliphatic heterocycles. The standard InChI is InChI=1S/C14H23NO4S/c1-15-13(9-20-8-10(17)7-16)12-5-4-11(18-2)6-14(12)19-3/h4-6,10,13,15-17H,7-9H2,1-3H3. The topological polar surface area (TPSA) is 71.0 Å². The normalized spacial score (nSPS) is 13.8. The number of thioether (sulfide) groups is 1. The van der Waals surface area contributed by atoms with E-state index in [2.05, 4.69) is 5.32 Å². The minimum atomic E-state index is -0.671. The van der Waals surface area contributed by atoms with Crippen LogP contribution in [0.1, 0.15) is 11.6 Å². The van der Waals surface area contributed by atoms with Crippen LogP contribution in [0, 0.1) is 0 Å². The van der Waals surface area contributed by atoms with Gasteiger partial charge in [-0.25, -0.2) is 0 Å². The first-order chi connectivity index (χ1) is 9.65. The average Bonchev–Trinajstić information content (AvgIpc) is 2.50. The van der Waals surface area contributed by atoms with Crippen molar-refractivity contribution in [2.75, 3.05) is 39.4 Å². The molecular weight excluding hydrogens is 278 g/mol. The molecule has 0 amide bonds. The van der Waals surface area contributed by atoms with E-state index in [0.717, 1.165) is 22.8 Å². The summed E-state index contributed by atoms with van der Waals surface area (Å²) in [4.78, 5) is 0. The second-order valence-electron chi connectivity index (χ2n) is 4.32. The minimum absolute atomic E-state index is 0.103. The number of methoxy groups -OCH3 is 2. The summed E-state index contributed by atoms with van der Waals surface area (Å²) < 4.78 is 10.6. The highest BCUT2D eigenvalue weighted by molar-refractivity contribution is 7.99. The van der Waals surface area contributed by atoms with Gasteiger partial charge in [0.05, 0.1) is 26.9 Å². The molecule has 1 rings (SSSR count). The Labute approximate surface area is 124 Å². The fourth-order valence-electron chi connectivity index (χ4n) is 1.81. The Morgan fingerprint density at radius 3 is 2.55 bits per heavy atom. The molecule has 114 valence electrons. The van der Waals surface area contributed by atoms with E-state index < -0.39 is 6.10 Å². The zero-order chi connectivity index (χ0) is 15.0. The van der Waals surface area contributed by atoms with Crippen LogP contribution in [0.5, 0.6) is 11.5 Å². The van der Waals surface area contributed by atoms with Gasteiger partial charge in [0.1, 0.15) is 11.5 Å². The average molecular weight is 301 g/mol. The molecule has 6 heteroatoms. The highest BCUT2D eigenvalue weighted by atomic mass is 32.2. The number of aliphatic hydroxyl groups is 2. The van der Waals surface area contributed by atoms with Crippen LogP contribution in [0.3, 0.4) is 0 Å². The van der Waals surface area contributed by atoms with Gasteiger partial charge >= 0.3 is 0 Å². The largest absolute Gasteiger partial charge is 0.497 e. The molecule has 0 saturated heterocycles. The summed E-state index contributed by atoms with van der Waals surface area (Å²) in [5, 5.41) is 21.4. The number of hydrogen-bond donors (Lipinski definition) is 3. The Bertz CT molecular complexity index is 403. The van der Waals surface area contributed by atoms with Gasteiger partial charge in [-0.2, -0.15) is 11.8 Å². The van der Waals surface area contributed by atoms with Crippen molar-refractivity contribution < 1.29 is 19.7 Å². The minimum Gasteiger partial charge on any atom is -0.497 e. The molecule has 2 atom stereocenters. The van der Waals surface area contributed by atoms with E-state index in [0.29, 0.717) is 5.75 Å². The summed E-state index contributed by atoms with van der Waals surface area (Å²) in [6, 6.07) is 5.83. The molecule has 0 aliphatic rings. The van der Waals surface area contributed by atoms with Crippen molar-refractivity contribution in [2.45, 2.75) is 12.1 Å². The molecule has 0 aliphatic carbocycles. The lowest BCUT2D eigenvalue weighted by atomic mass is 10.1. The first kappa shape index (κ1) is 17.1. The van der Waals surface area contributed by atoms with E-state index in [1.165, 1.54) is 0 Å². The number of hydrogen-bond acceptors (Lipinski definition) is 6. The third-order valence-electron chi connectivity index (χ3n) is 2.97. The molecule has 1 aromatic rings. The van der Waals surface area contributed by atoms with E-state index in [-0.39, 0.29) is 12.6 Å². The van der Waals surface area contributed by atoms with Crippen LogP contribution in [-0.4, -0.2) is 55.7 Å². The predicted octanol–water partition coefficient (Wildman–Crippen LogP) is 1.05. The lowest BCUT2D eigenvalue weighted by Crippen LogP contribution is -2.21. The molecule has 0 heterocycles. The number of nitrogens with one attached hydrogen (secondary N) is 1. The van der Waals surface area contributed by atoms with Crippen molar-refractivity contribution in [1.82, 2.24) is 5.32 Å².